The highest BCUT2D eigenvalue weighted by molar-refractivity contribution is 6.00. The van der Waals surface area contributed by atoms with E-state index >= 15 is 0 Å². The van der Waals surface area contributed by atoms with Crippen LogP contribution in [0, 0.1) is 23.2 Å². The molecule has 1 aliphatic heterocycles. The van der Waals surface area contributed by atoms with Crippen LogP contribution in [0.5, 0.6) is 0 Å². The molecule has 2 fully saturated rings. The van der Waals surface area contributed by atoms with Gasteiger partial charge in [-0.25, -0.2) is 4.79 Å². The van der Waals surface area contributed by atoms with Crippen molar-refractivity contribution >= 4 is 28.7 Å². The summed E-state index contributed by atoms with van der Waals surface area (Å²) in [4.78, 5) is 42.7. The molecule has 0 radical (unpaired) electrons. The van der Waals surface area contributed by atoms with Crippen molar-refractivity contribution in [1.29, 1.82) is 0 Å². The van der Waals surface area contributed by atoms with Crippen LogP contribution in [0.1, 0.15) is 44.6 Å². The maximum atomic E-state index is 13.3. The van der Waals surface area contributed by atoms with Crippen LogP contribution < -0.4 is 5.32 Å². The number of nitrogens with one attached hydrogen (secondary N) is 2. The molecule has 7 nitrogen and oxygen atoms in total. The minimum Gasteiger partial charge on any atom is -0.480 e. The lowest BCUT2D eigenvalue weighted by Gasteiger charge is -2.32. The van der Waals surface area contributed by atoms with Crippen molar-refractivity contribution in [2.45, 2.75) is 46.2 Å². The summed E-state index contributed by atoms with van der Waals surface area (Å²) in [5.74, 6) is -1.29. The summed E-state index contributed by atoms with van der Waals surface area (Å²) in [5.41, 5.74) is 1.18. The minimum atomic E-state index is -0.966. The molecule has 0 unspecified atom stereocenters. The van der Waals surface area contributed by atoms with E-state index in [1.807, 2.05) is 38.1 Å². The van der Waals surface area contributed by atoms with Crippen molar-refractivity contribution in [2.24, 2.45) is 23.2 Å². The molecule has 1 aromatic carbocycles. The largest absolute Gasteiger partial charge is 0.480 e. The van der Waals surface area contributed by atoms with Gasteiger partial charge in [0.25, 0.3) is 5.91 Å². The lowest BCUT2D eigenvalue weighted by atomic mass is 9.98. The number of carbonyl (C=O) groups is 3. The number of carboxylic acid groups (broad SMARTS) is 1. The predicted octanol–water partition coefficient (Wildman–Crippen LogP) is 2.88. The molecular formula is C23H29N3O4. The van der Waals surface area contributed by atoms with Gasteiger partial charge in [-0.2, -0.15) is 0 Å². The van der Waals surface area contributed by atoms with Crippen LogP contribution >= 0.6 is 0 Å². The first-order valence-corrected chi connectivity index (χ1v) is 10.5. The van der Waals surface area contributed by atoms with E-state index in [1.165, 1.54) is 4.90 Å². The Kier molecular flexibility index (Phi) is 4.87. The zero-order valence-electron chi connectivity index (χ0n) is 17.8. The van der Waals surface area contributed by atoms with E-state index in [0.29, 0.717) is 18.7 Å². The van der Waals surface area contributed by atoms with E-state index in [4.69, 9.17) is 0 Å². The van der Waals surface area contributed by atoms with Crippen molar-refractivity contribution in [3.05, 3.63) is 36.0 Å². The average molecular weight is 412 g/mol. The summed E-state index contributed by atoms with van der Waals surface area (Å²) in [6.45, 7) is 8.51. The molecule has 1 aliphatic carbocycles. The molecule has 7 heteroatoms. The Morgan fingerprint density at radius 2 is 1.97 bits per heavy atom. The van der Waals surface area contributed by atoms with Gasteiger partial charge in [0.15, 0.2) is 0 Å². The number of likely N-dealkylation sites (tertiary alicyclic amines) is 1. The number of hydrogen-bond acceptors (Lipinski definition) is 3. The zero-order valence-corrected chi connectivity index (χ0v) is 17.8. The SMILES string of the molecule is CC(C)C[C@H](NC(=O)c1cc2ccccc2[nH]1)C(=O)N1C[C@H]2[C@@H]([C@H]1C(=O)O)C2(C)C. The summed E-state index contributed by atoms with van der Waals surface area (Å²) in [5, 5.41) is 13.6. The summed E-state index contributed by atoms with van der Waals surface area (Å²) in [6, 6.07) is 7.76. The molecule has 0 bridgehead atoms. The number of carbonyl (C=O) groups excluding carboxylic acids is 2. The quantitative estimate of drug-likeness (QED) is 0.680. The van der Waals surface area contributed by atoms with Gasteiger partial charge in [0.1, 0.15) is 17.8 Å². The number of para-hydroxylation sites is 1. The van der Waals surface area contributed by atoms with E-state index in [-0.39, 0.29) is 35.0 Å². The Morgan fingerprint density at radius 1 is 1.27 bits per heavy atom. The Hall–Kier alpha value is -2.83. The van der Waals surface area contributed by atoms with Crippen molar-refractivity contribution in [3.63, 3.8) is 0 Å². The number of H-pyrrole nitrogens is 1. The number of rotatable bonds is 6. The van der Waals surface area contributed by atoms with Crippen molar-refractivity contribution < 1.29 is 19.5 Å². The molecule has 160 valence electrons. The number of piperidine rings is 1. The fraction of sp³-hybridized carbons (Fsp3) is 0.522. The summed E-state index contributed by atoms with van der Waals surface area (Å²) in [7, 11) is 0. The van der Waals surface area contributed by atoms with Gasteiger partial charge in [-0.1, -0.05) is 45.9 Å². The molecule has 2 heterocycles. The average Bonchev–Trinajstić information content (AvgIpc) is 3.08. The normalized spacial score (nSPS) is 25.2. The van der Waals surface area contributed by atoms with E-state index in [0.717, 1.165) is 10.9 Å². The zero-order chi connectivity index (χ0) is 21.8. The first-order valence-electron chi connectivity index (χ1n) is 10.5. The van der Waals surface area contributed by atoms with Gasteiger partial charge < -0.3 is 20.3 Å². The number of benzene rings is 1. The van der Waals surface area contributed by atoms with Crippen LogP contribution in [0.4, 0.5) is 0 Å². The number of amides is 2. The molecule has 1 aromatic heterocycles. The predicted molar refractivity (Wildman–Crippen MR) is 113 cm³/mol. The van der Waals surface area contributed by atoms with Crippen molar-refractivity contribution in [2.75, 3.05) is 6.54 Å². The minimum absolute atomic E-state index is 0.0249. The third kappa shape index (κ3) is 3.36. The Balaban J connectivity index is 1.54. The van der Waals surface area contributed by atoms with Crippen LogP contribution in [-0.2, 0) is 9.59 Å². The first-order chi connectivity index (χ1) is 14.1. The van der Waals surface area contributed by atoms with Crippen molar-refractivity contribution in [1.82, 2.24) is 15.2 Å². The second-order valence-electron chi connectivity index (χ2n) is 9.65. The maximum Gasteiger partial charge on any atom is 0.326 e. The van der Waals surface area contributed by atoms with Crippen LogP contribution in [0.2, 0.25) is 0 Å². The molecule has 1 saturated heterocycles. The lowest BCUT2D eigenvalue weighted by Crippen LogP contribution is -2.54. The van der Waals surface area contributed by atoms with Crippen LogP contribution in [0.3, 0.4) is 0 Å². The number of aliphatic carboxylic acids is 1. The van der Waals surface area contributed by atoms with Gasteiger partial charge in [0, 0.05) is 23.4 Å². The number of nitrogens with zero attached hydrogens (tertiary/aromatic N) is 1. The summed E-state index contributed by atoms with van der Waals surface area (Å²) in [6.07, 6.45) is 0.451. The van der Waals surface area contributed by atoms with E-state index < -0.39 is 18.1 Å². The van der Waals surface area contributed by atoms with E-state index in [2.05, 4.69) is 24.1 Å². The second kappa shape index (κ2) is 7.15. The highest BCUT2D eigenvalue weighted by Gasteiger charge is 2.69. The molecule has 1 saturated carbocycles. The molecule has 2 aliphatic rings. The molecule has 0 spiro atoms. The molecule has 2 amide bonds. The fourth-order valence-corrected chi connectivity index (χ4v) is 5.12. The smallest absolute Gasteiger partial charge is 0.326 e. The van der Waals surface area contributed by atoms with Crippen LogP contribution in [0.25, 0.3) is 10.9 Å². The Morgan fingerprint density at radius 3 is 2.60 bits per heavy atom. The number of aromatic amines is 1. The third-order valence-corrected chi connectivity index (χ3v) is 6.83. The highest BCUT2D eigenvalue weighted by atomic mass is 16.4. The van der Waals surface area contributed by atoms with Gasteiger partial charge in [0.2, 0.25) is 5.91 Å². The highest BCUT2D eigenvalue weighted by Crippen LogP contribution is 2.64. The molecular weight excluding hydrogens is 382 g/mol. The van der Waals surface area contributed by atoms with Gasteiger partial charge in [-0.05, 0) is 35.8 Å². The standard InChI is InChI=1S/C23H29N3O4/c1-12(2)9-17(25-20(27)16-10-13-7-5-6-8-15(13)24-16)21(28)26-11-14-18(23(14,3)4)19(26)22(29)30/h5-8,10,12,14,17-19,24H,9,11H2,1-4H3,(H,25,27)(H,29,30)/t14-,17-,18-,19-/m0/s1. The fourth-order valence-electron chi connectivity index (χ4n) is 5.12. The van der Waals surface area contributed by atoms with E-state index in [1.54, 1.807) is 6.07 Å². The number of carboxylic acids is 1. The third-order valence-electron chi connectivity index (χ3n) is 6.83. The molecule has 3 N–H and O–H groups in total. The van der Waals surface area contributed by atoms with Gasteiger partial charge in [-0.15, -0.1) is 0 Å². The lowest BCUT2D eigenvalue weighted by molar-refractivity contribution is -0.151. The van der Waals surface area contributed by atoms with Gasteiger partial charge in [-0.3, -0.25) is 9.59 Å². The second-order valence-corrected chi connectivity index (χ2v) is 9.65. The van der Waals surface area contributed by atoms with Crippen LogP contribution in [-0.4, -0.2) is 51.4 Å². The summed E-state index contributed by atoms with van der Waals surface area (Å²) < 4.78 is 0. The molecule has 2 aromatic rings. The van der Waals surface area contributed by atoms with Gasteiger partial charge >= 0.3 is 5.97 Å². The number of aromatic nitrogens is 1. The Bertz CT molecular complexity index is 976. The monoisotopic (exact) mass is 411 g/mol. The first kappa shape index (κ1) is 20.4. The molecule has 4 rings (SSSR count). The molecule has 4 atom stereocenters. The van der Waals surface area contributed by atoms with Crippen molar-refractivity contribution in [3.8, 4) is 0 Å². The topological polar surface area (TPSA) is 103 Å². The molecule has 30 heavy (non-hydrogen) atoms. The summed E-state index contributed by atoms with van der Waals surface area (Å²) >= 11 is 0. The van der Waals surface area contributed by atoms with Crippen LogP contribution in [0.15, 0.2) is 30.3 Å². The number of hydrogen-bond donors (Lipinski definition) is 3. The maximum absolute atomic E-state index is 13.3. The number of fused-ring (bicyclic) bond motifs is 2. The Labute approximate surface area is 175 Å². The van der Waals surface area contributed by atoms with Gasteiger partial charge in [0.05, 0.1) is 0 Å². The van der Waals surface area contributed by atoms with E-state index in [9.17, 15) is 19.5 Å².